The summed E-state index contributed by atoms with van der Waals surface area (Å²) in [4.78, 5) is 4.24. The first-order valence-corrected chi connectivity index (χ1v) is 6.28. The molecule has 2 nitrogen and oxygen atoms in total. The lowest BCUT2D eigenvalue weighted by molar-refractivity contribution is 0.628. The zero-order valence-electron chi connectivity index (χ0n) is 10.7. The standard InChI is InChI=1S/C16H16N2/c1-12(2)18-15(13-6-4-3-5-7-13)10-14-8-9-17-11-16(14)18/h3-12H,1-2H3. The van der Waals surface area contributed by atoms with Crippen LogP contribution in [0.15, 0.2) is 54.9 Å². The maximum atomic E-state index is 4.24. The Kier molecular flexibility index (Phi) is 2.63. The average Bonchev–Trinajstić information content (AvgIpc) is 2.79. The van der Waals surface area contributed by atoms with E-state index in [-0.39, 0.29) is 0 Å². The number of hydrogen-bond acceptors (Lipinski definition) is 1. The van der Waals surface area contributed by atoms with Crippen molar-refractivity contribution in [1.29, 1.82) is 0 Å². The Morgan fingerprint density at radius 1 is 1.06 bits per heavy atom. The zero-order chi connectivity index (χ0) is 12.5. The van der Waals surface area contributed by atoms with Crippen molar-refractivity contribution in [2.45, 2.75) is 19.9 Å². The summed E-state index contributed by atoms with van der Waals surface area (Å²) >= 11 is 0. The van der Waals surface area contributed by atoms with Gasteiger partial charge in [-0.05, 0) is 31.5 Å². The quantitative estimate of drug-likeness (QED) is 0.649. The van der Waals surface area contributed by atoms with E-state index in [1.807, 2.05) is 18.5 Å². The largest absolute Gasteiger partial charge is 0.337 e. The highest BCUT2D eigenvalue weighted by Crippen LogP contribution is 2.30. The Morgan fingerprint density at radius 2 is 1.83 bits per heavy atom. The predicted molar refractivity (Wildman–Crippen MR) is 75.6 cm³/mol. The number of aromatic nitrogens is 2. The minimum absolute atomic E-state index is 0.418. The number of fused-ring (bicyclic) bond motifs is 1. The topological polar surface area (TPSA) is 17.8 Å². The highest BCUT2D eigenvalue weighted by atomic mass is 15.0. The van der Waals surface area contributed by atoms with E-state index in [2.05, 4.69) is 59.8 Å². The van der Waals surface area contributed by atoms with Gasteiger partial charge in [0.1, 0.15) is 0 Å². The van der Waals surface area contributed by atoms with Crippen LogP contribution in [0.25, 0.3) is 22.2 Å². The molecule has 3 rings (SSSR count). The van der Waals surface area contributed by atoms with Gasteiger partial charge in [-0.1, -0.05) is 30.3 Å². The van der Waals surface area contributed by atoms with E-state index in [1.165, 1.54) is 22.2 Å². The highest BCUT2D eigenvalue weighted by Gasteiger charge is 2.12. The minimum atomic E-state index is 0.418. The Morgan fingerprint density at radius 3 is 2.56 bits per heavy atom. The van der Waals surface area contributed by atoms with Gasteiger partial charge in [0.2, 0.25) is 0 Å². The van der Waals surface area contributed by atoms with Gasteiger partial charge >= 0.3 is 0 Å². The molecule has 0 fully saturated rings. The molecule has 90 valence electrons. The van der Waals surface area contributed by atoms with E-state index in [4.69, 9.17) is 0 Å². The van der Waals surface area contributed by atoms with Crippen molar-refractivity contribution >= 4 is 10.9 Å². The van der Waals surface area contributed by atoms with Crippen LogP contribution < -0.4 is 0 Å². The van der Waals surface area contributed by atoms with Crippen molar-refractivity contribution in [2.24, 2.45) is 0 Å². The summed E-state index contributed by atoms with van der Waals surface area (Å²) in [5.41, 5.74) is 3.71. The summed E-state index contributed by atoms with van der Waals surface area (Å²) in [7, 11) is 0. The number of nitrogens with zero attached hydrogens (tertiary/aromatic N) is 2. The van der Waals surface area contributed by atoms with Crippen molar-refractivity contribution in [2.75, 3.05) is 0 Å². The fraction of sp³-hybridized carbons (Fsp3) is 0.188. The fourth-order valence-electron chi connectivity index (χ4n) is 2.45. The van der Waals surface area contributed by atoms with Crippen LogP contribution in [0.5, 0.6) is 0 Å². The van der Waals surface area contributed by atoms with Gasteiger partial charge in [0.25, 0.3) is 0 Å². The number of benzene rings is 1. The van der Waals surface area contributed by atoms with Gasteiger partial charge in [-0.2, -0.15) is 0 Å². The van der Waals surface area contributed by atoms with Gasteiger partial charge in [0.15, 0.2) is 0 Å². The second kappa shape index (κ2) is 4.30. The maximum Gasteiger partial charge on any atom is 0.0674 e. The Labute approximate surface area is 107 Å². The third kappa shape index (κ3) is 1.70. The Hall–Kier alpha value is -2.09. The normalized spacial score (nSPS) is 11.3. The summed E-state index contributed by atoms with van der Waals surface area (Å²) in [5, 5.41) is 1.25. The molecule has 2 heteroatoms. The molecule has 2 heterocycles. The maximum absolute atomic E-state index is 4.24. The van der Waals surface area contributed by atoms with Crippen LogP contribution >= 0.6 is 0 Å². The molecular weight excluding hydrogens is 220 g/mol. The molecule has 0 amide bonds. The van der Waals surface area contributed by atoms with E-state index in [1.54, 1.807) is 0 Å². The molecule has 0 radical (unpaired) electrons. The van der Waals surface area contributed by atoms with Crippen LogP contribution in [-0.2, 0) is 0 Å². The highest BCUT2D eigenvalue weighted by molar-refractivity contribution is 5.86. The van der Waals surface area contributed by atoms with Crippen molar-refractivity contribution < 1.29 is 0 Å². The van der Waals surface area contributed by atoms with Gasteiger partial charge in [-0.25, -0.2) is 0 Å². The van der Waals surface area contributed by atoms with E-state index < -0.39 is 0 Å². The summed E-state index contributed by atoms with van der Waals surface area (Å²) in [5.74, 6) is 0. The van der Waals surface area contributed by atoms with Crippen LogP contribution in [0.3, 0.4) is 0 Å². The molecule has 0 bridgehead atoms. The van der Waals surface area contributed by atoms with Crippen LogP contribution in [0, 0.1) is 0 Å². The molecule has 3 aromatic rings. The lowest BCUT2D eigenvalue weighted by atomic mass is 10.1. The summed E-state index contributed by atoms with van der Waals surface area (Å²) in [6.07, 6.45) is 3.80. The van der Waals surface area contributed by atoms with Crippen LogP contribution in [-0.4, -0.2) is 9.55 Å². The molecule has 18 heavy (non-hydrogen) atoms. The van der Waals surface area contributed by atoms with Crippen molar-refractivity contribution in [1.82, 2.24) is 9.55 Å². The molecule has 1 aromatic carbocycles. The lowest BCUT2D eigenvalue weighted by Gasteiger charge is -2.14. The van der Waals surface area contributed by atoms with Crippen molar-refractivity contribution in [3.63, 3.8) is 0 Å². The molecule has 2 aromatic heterocycles. The van der Waals surface area contributed by atoms with Crippen LogP contribution in [0.1, 0.15) is 19.9 Å². The van der Waals surface area contributed by atoms with Crippen molar-refractivity contribution in [3.05, 3.63) is 54.9 Å². The number of hydrogen-bond donors (Lipinski definition) is 0. The fourth-order valence-corrected chi connectivity index (χ4v) is 2.45. The summed E-state index contributed by atoms with van der Waals surface area (Å²) in [6, 6.07) is 15.2. The van der Waals surface area contributed by atoms with E-state index in [0.29, 0.717) is 6.04 Å². The van der Waals surface area contributed by atoms with Gasteiger partial charge in [0, 0.05) is 23.3 Å². The Balaban J connectivity index is 2.32. The second-order valence-electron chi connectivity index (χ2n) is 4.79. The van der Waals surface area contributed by atoms with Crippen LogP contribution in [0.4, 0.5) is 0 Å². The SMILES string of the molecule is CC(C)n1c(-c2ccccc2)cc2ccncc21. The molecule has 0 saturated carbocycles. The number of rotatable bonds is 2. The summed E-state index contributed by atoms with van der Waals surface area (Å²) < 4.78 is 2.34. The molecule has 0 saturated heterocycles. The third-order valence-corrected chi connectivity index (χ3v) is 3.23. The molecule has 0 aliphatic rings. The predicted octanol–water partition coefficient (Wildman–Crippen LogP) is 4.28. The first-order valence-electron chi connectivity index (χ1n) is 6.28. The Bertz CT molecular complexity index is 666. The smallest absolute Gasteiger partial charge is 0.0674 e. The van der Waals surface area contributed by atoms with Gasteiger partial charge in [0.05, 0.1) is 11.7 Å². The van der Waals surface area contributed by atoms with Gasteiger partial charge < -0.3 is 4.57 Å². The first-order chi connectivity index (χ1) is 8.77. The lowest BCUT2D eigenvalue weighted by Crippen LogP contribution is -2.02. The molecule has 0 atom stereocenters. The molecule has 0 spiro atoms. The molecule has 0 aliphatic heterocycles. The van der Waals surface area contributed by atoms with Gasteiger partial charge in [-0.3, -0.25) is 4.98 Å². The van der Waals surface area contributed by atoms with E-state index in [0.717, 1.165) is 0 Å². The zero-order valence-corrected chi connectivity index (χ0v) is 10.7. The molecule has 0 N–H and O–H groups in total. The molecule has 0 unspecified atom stereocenters. The summed E-state index contributed by atoms with van der Waals surface area (Å²) in [6.45, 7) is 4.41. The molecular formula is C16H16N2. The third-order valence-electron chi connectivity index (χ3n) is 3.23. The first kappa shape index (κ1) is 11.0. The van der Waals surface area contributed by atoms with E-state index in [9.17, 15) is 0 Å². The average molecular weight is 236 g/mol. The number of pyridine rings is 1. The van der Waals surface area contributed by atoms with Crippen LogP contribution in [0.2, 0.25) is 0 Å². The van der Waals surface area contributed by atoms with Crippen molar-refractivity contribution in [3.8, 4) is 11.3 Å². The minimum Gasteiger partial charge on any atom is -0.337 e. The molecule has 0 aliphatic carbocycles. The second-order valence-corrected chi connectivity index (χ2v) is 4.79. The van der Waals surface area contributed by atoms with Gasteiger partial charge in [-0.15, -0.1) is 0 Å². The van der Waals surface area contributed by atoms with E-state index >= 15 is 0 Å². The monoisotopic (exact) mass is 236 g/mol.